The zero-order valence-electron chi connectivity index (χ0n) is 7.64. The summed E-state index contributed by atoms with van der Waals surface area (Å²) in [6, 6.07) is 0. The molecule has 4 nitrogen and oxygen atoms in total. The summed E-state index contributed by atoms with van der Waals surface area (Å²) in [5.74, 6) is 0.447. The molecule has 74 valence electrons. The van der Waals surface area contributed by atoms with Gasteiger partial charge in [-0.15, -0.1) is 21.8 Å². The number of aromatic nitrogens is 4. The van der Waals surface area contributed by atoms with Gasteiger partial charge >= 0.3 is 0 Å². The van der Waals surface area contributed by atoms with Crippen molar-refractivity contribution in [1.82, 2.24) is 19.7 Å². The molecule has 6 heteroatoms. The zero-order chi connectivity index (χ0) is 9.97. The third kappa shape index (κ3) is 2.10. The average Bonchev–Trinajstić information content (AvgIpc) is 2.76. The van der Waals surface area contributed by atoms with E-state index in [1.807, 2.05) is 17.7 Å². The smallest absolute Gasteiger partial charge is 0.137 e. The fourth-order valence-corrected chi connectivity index (χ4v) is 1.98. The van der Waals surface area contributed by atoms with Crippen LogP contribution in [0.5, 0.6) is 0 Å². The van der Waals surface area contributed by atoms with E-state index in [0.717, 1.165) is 22.3 Å². The van der Waals surface area contributed by atoms with Crippen molar-refractivity contribution in [3.8, 4) is 0 Å². The quantitative estimate of drug-likeness (QED) is 0.753. The minimum absolute atomic E-state index is 0.447. The highest BCUT2D eigenvalue weighted by Gasteiger charge is 2.02. The summed E-state index contributed by atoms with van der Waals surface area (Å²) in [5.41, 5.74) is 0.882. The molecule has 0 amide bonds. The van der Waals surface area contributed by atoms with Gasteiger partial charge in [-0.1, -0.05) is 11.3 Å². The number of rotatable bonds is 3. The van der Waals surface area contributed by atoms with Gasteiger partial charge in [-0.3, -0.25) is 0 Å². The largest absolute Gasteiger partial charge is 0.330 e. The Morgan fingerprint density at radius 1 is 1.50 bits per heavy atom. The summed E-state index contributed by atoms with van der Waals surface area (Å²) in [5, 5.41) is 9.95. The Balaban J connectivity index is 2.10. The molecule has 0 atom stereocenters. The average molecular weight is 229 g/mol. The molecule has 2 aromatic heterocycles. The number of nitrogens with zero attached hydrogens (tertiary/aromatic N) is 4. The highest BCUT2D eigenvalue weighted by molar-refractivity contribution is 7.11. The standard InChI is InChI=1S/C8H9ClN4S/c1-6-11-12-8(14-6)4-13-3-7(2-9)10-5-13/h3,5H,2,4H2,1H3. The van der Waals surface area contributed by atoms with Gasteiger partial charge < -0.3 is 4.57 Å². The first-order valence-electron chi connectivity index (χ1n) is 4.13. The van der Waals surface area contributed by atoms with E-state index in [4.69, 9.17) is 11.6 Å². The highest BCUT2D eigenvalue weighted by Crippen LogP contribution is 2.10. The maximum Gasteiger partial charge on any atom is 0.137 e. The predicted octanol–water partition coefficient (Wildman–Crippen LogP) is 1.83. The minimum atomic E-state index is 0.447. The molecular formula is C8H9ClN4S. The van der Waals surface area contributed by atoms with E-state index in [9.17, 15) is 0 Å². The fraction of sp³-hybridized carbons (Fsp3) is 0.375. The molecule has 0 N–H and O–H groups in total. The summed E-state index contributed by atoms with van der Waals surface area (Å²) in [7, 11) is 0. The van der Waals surface area contributed by atoms with E-state index in [2.05, 4.69) is 15.2 Å². The topological polar surface area (TPSA) is 43.6 Å². The van der Waals surface area contributed by atoms with Gasteiger partial charge in [-0.05, 0) is 6.92 Å². The van der Waals surface area contributed by atoms with E-state index >= 15 is 0 Å². The van der Waals surface area contributed by atoms with Crippen molar-refractivity contribution in [2.75, 3.05) is 0 Å². The number of halogens is 1. The molecule has 0 fully saturated rings. The second kappa shape index (κ2) is 4.06. The highest BCUT2D eigenvalue weighted by atomic mass is 35.5. The third-order valence-corrected chi connectivity index (χ3v) is 2.81. The summed E-state index contributed by atoms with van der Waals surface area (Å²) >= 11 is 7.24. The summed E-state index contributed by atoms with van der Waals surface area (Å²) in [6.45, 7) is 2.66. The molecule has 2 aromatic rings. The van der Waals surface area contributed by atoms with E-state index in [1.54, 1.807) is 17.7 Å². The number of hydrogen-bond donors (Lipinski definition) is 0. The van der Waals surface area contributed by atoms with E-state index < -0.39 is 0 Å². The summed E-state index contributed by atoms with van der Waals surface area (Å²) < 4.78 is 1.96. The second-order valence-corrected chi connectivity index (χ2v) is 4.42. The van der Waals surface area contributed by atoms with Crippen LogP contribution in [0.1, 0.15) is 15.7 Å². The normalized spacial score (nSPS) is 10.7. The lowest BCUT2D eigenvalue weighted by molar-refractivity contribution is 0.775. The van der Waals surface area contributed by atoms with Crippen molar-refractivity contribution in [1.29, 1.82) is 0 Å². The zero-order valence-corrected chi connectivity index (χ0v) is 9.22. The van der Waals surface area contributed by atoms with Crippen LogP contribution in [0.15, 0.2) is 12.5 Å². The van der Waals surface area contributed by atoms with Gasteiger partial charge in [0.05, 0.1) is 24.4 Å². The lowest BCUT2D eigenvalue weighted by Crippen LogP contribution is -1.95. The van der Waals surface area contributed by atoms with Gasteiger partial charge in [0.1, 0.15) is 10.0 Å². The van der Waals surface area contributed by atoms with Crippen LogP contribution in [-0.2, 0) is 12.4 Å². The monoisotopic (exact) mass is 228 g/mol. The molecule has 0 aromatic carbocycles. The maximum absolute atomic E-state index is 5.65. The van der Waals surface area contributed by atoms with Crippen molar-refractivity contribution < 1.29 is 0 Å². The van der Waals surface area contributed by atoms with Crippen LogP contribution < -0.4 is 0 Å². The Labute approximate surface area is 90.6 Å². The summed E-state index contributed by atoms with van der Waals surface area (Å²) in [6.07, 6.45) is 3.68. The maximum atomic E-state index is 5.65. The van der Waals surface area contributed by atoms with E-state index in [1.165, 1.54) is 0 Å². The van der Waals surface area contributed by atoms with Crippen LogP contribution in [0, 0.1) is 6.92 Å². The molecule has 0 bridgehead atoms. The Bertz CT molecular complexity index is 422. The molecule has 2 heterocycles. The van der Waals surface area contributed by atoms with Gasteiger partial charge in [0, 0.05) is 6.20 Å². The Morgan fingerprint density at radius 3 is 2.93 bits per heavy atom. The Kier molecular flexibility index (Phi) is 2.79. The third-order valence-electron chi connectivity index (χ3n) is 1.71. The number of imidazole rings is 1. The Hall–Kier alpha value is -0.940. The van der Waals surface area contributed by atoms with Crippen molar-refractivity contribution in [2.45, 2.75) is 19.3 Å². The van der Waals surface area contributed by atoms with Gasteiger partial charge in [0.15, 0.2) is 0 Å². The molecular weight excluding hydrogens is 220 g/mol. The molecule has 14 heavy (non-hydrogen) atoms. The van der Waals surface area contributed by atoms with Gasteiger partial charge in [0.2, 0.25) is 0 Å². The molecule has 2 rings (SSSR count). The van der Waals surface area contributed by atoms with Crippen LogP contribution in [0.2, 0.25) is 0 Å². The number of alkyl halides is 1. The molecule has 0 aliphatic rings. The van der Waals surface area contributed by atoms with Crippen LogP contribution in [0.25, 0.3) is 0 Å². The van der Waals surface area contributed by atoms with Gasteiger partial charge in [-0.2, -0.15) is 0 Å². The van der Waals surface area contributed by atoms with Crippen molar-refractivity contribution in [2.24, 2.45) is 0 Å². The predicted molar refractivity (Wildman–Crippen MR) is 55.5 cm³/mol. The first kappa shape index (κ1) is 9.61. The van der Waals surface area contributed by atoms with Crippen molar-refractivity contribution in [3.63, 3.8) is 0 Å². The first-order valence-corrected chi connectivity index (χ1v) is 5.48. The van der Waals surface area contributed by atoms with Crippen LogP contribution in [0.4, 0.5) is 0 Å². The van der Waals surface area contributed by atoms with Crippen molar-refractivity contribution in [3.05, 3.63) is 28.2 Å². The van der Waals surface area contributed by atoms with Crippen LogP contribution in [0.3, 0.4) is 0 Å². The number of aryl methyl sites for hydroxylation is 1. The van der Waals surface area contributed by atoms with Crippen molar-refractivity contribution >= 4 is 22.9 Å². The SMILES string of the molecule is Cc1nnc(Cn2cnc(CCl)c2)s1. The molecule has 0 radical (unpaired) electrons. The molecule has 0 aliphatic heterocycles. The molecule has 0 unspecified atom stereocenters. The number of hydrogen-bond acceptors (Lipinski definition) is 4. The molecule has 0 saturated heterocycles. The van der Waals surface area contributed by atoms with Crippen LogP contribution in [-0.4, -0.2) is 19.7 Å². The van der Waals surface area contributed by atoms with Gasteiger partial charge in [-0.25, -0.2) is 4.98 Å². The van der Waals surface area contributed by atoms with E-state index in [-0.39, 0.29) is 0 Å². The Morgan fingerprint density at radius 2 is 2.36 bits per heavy atom. The molecule has 0 spiro atoms. The van der Waals surface area contributed by atoms with E-state index in [0.29, 0.717) is 5.88 Å². The lowest BCUT2D eigenvalue weighted by Gasteiger charge is -1.94. The summed E-state index contributed by atoms with van der Waals surface area (Å²) in [4.78, 5) is 4.13. The first-order chi connectivity index (χ1) is 6.78. The van der Waals surface area contributed by atoms with Crippen LogP contribution >= 0.6 is 22.9 Å². The second-order valence-electron chi connectivity index (χ2n) is 2.89. The molecule has 0 saturated carbocycles. The lowest BCUT2D eigenvalue weighted by atomic mass is 10.5. The minimum Gasteiger partial charge on any atom is -0.330 e. The molecule has 0 aliphatic carbocycles. The fourth-order valence-electron chi connectivity index (χ4n) is 1.12. The van der Waals surface area contributed by atoms with Gasteiger partial charge in [0.25, 0.3) is 0 Å².